The Morgan fingerprint density at radius 1 is 1.53 bits per heavy atom. The van der Waals surface area contributed by atoms with E-state index < -0.39 is 5.91 Å². The first kappa shape index (κ1) is 12.2. The quantitative estimate of drug-likeness (QED) is 0.835. The van der Waals surface area contributed by atoms with Gasteiger partial charge in [-0.3, -0.25) is 4.79 Å². The Hall–Kier alpha value is -0.870. The van der Waals surface area contributed by atoms with Crippen LogP contribution in [0.25, 0.3) is 0 Å². The average Bonchev–Trinajstić information content (AvgIpc) is 2.20. The minimum absolute atomic E-state index is 0.403. The largest absolute Gasteiger partial charge is 0.381 e. The van der Waals surface area contributed by atoms with Crippen LogP contribution in [0, 0.1) is 0 Å². The summed E-state index contributed by atoms with van der Waals surface area (Å²) in [6, 6.07) is 5.34. The Balaban J connectivity index is 2.76. The van der Waals surface area contributed by atoms with E-state index >= 15 is 0 Å². The summed E-state index contributed by atoms with van der Waals surface area (Å²) in [5, 5.41) is 0. The van der Waals surface area contributed by atoms with Crippen molar-refractivity contribution in [3.8, 4) is 0 Å². The normalized spacial score (nSPS) is 10.3. The van der Waals surface area contributed by atoms with E-state index in [1.807, 2.05) is 13.0 Å². The highest BCUT2D eigenvalue weighted by Gasteiger charge is 2.05. The van der Waals surface area contributed by atoms with Gasteiger partial charge in [-0.2, -0.15) is 0 Å². The minimum atomic E-state index is -0.403. The molecule has 0 spiro atoms. The standard InChI is InChI=1S/C11H14BrNO2/c1-2-15-6-5-8-7-9(11(13)14)3-4-10(8)12/h3-4,7H,2,5-6H2,1H3,(H2,13,14). The minimum Gasteiger partial charge on any atom is -0.381 e. The molecule has 0 aliphatic carbocycles. The molecule has 1 rings (SSSR count). The number of benzene rings is 1. The fourth-order valence-corrected chi connectivity index (χ4v) is 1.69. The fraction of sp³-hybridized carbons (Fsp3) is 0.364. The first-order chi connectivity index (χ1) is 7.15. The summed E-state index contributed by atoms with van der Waals surface area (Å²) >= 11 is 3.42. The van der Waals surface area contributed by atoms with Crippen molar-refractivity contribution < 1.29 is 9.53 Å². The van der Waals surface area contributed by atoms with E-state index in [9.17, 15) is 4.79 Å². The first-order valence-corrected chi connectivity index (χ1v) is 5.60. The lowest BCUT2D eigenvalue weighted by Gasteiger charge is -2.06. The van der Waals surface area contributed by atoms with Crippen molar-refractivity contribution in [3.63, 3.8) is 0 Å². The third-order valence-electron chi connectivity index (χ3n) is 2.05. The Labute approximate surface area is 97.7 Å². The summed E-state index contributed by atoms with van der Waals surface area (Å²) in [6.45, 7) is 3.30. The van der Waals surface area contributed by atoms with Gasteiger partial charge in [0.25, 0.3) is 0 Å². The van der Waals surface area contributed by atoms with Gasteiger partial charge in [0.15, 0.2) is 0 Å². The smallest absolute Gasteiger partial charge is 0.248 e. The molecule has 0 saturated heterocycles. The molecule has 0 aromatic heterocycles. The number of amides is 1. The van der Waals surface area contributed by atoms with Gasteiger partial charge < -0.3 is 10.5 Å². The number of nitrogens with two attached hydrogens (primary N) is 1. The maximum absolute atomic E-state index is 11.0. The van der Waals surface area contributed by atoms with Gasteiger partial charge in [-0.05, 0) is 37.1 Å². The second kappa shape index (κ2) is 5.88. The lowest BCUT2D eigenvalue weighted by molar-refractivity contribution is 0.1000. The second-order valence-corrected chi connectivity index (χ2v) is 3.97. The average molecular weight is 272 g/mol. The highest BCUT2D eigenvalue weighted by molar-refractivity contribution is 9.10. The zero-order chi connectivity index (χ0) is 11.3. The summed E-state index contributed by atoms with van der Waals surface area (Å²) in [7, 11) is 0. The number of hydrogen-bond donors (Lipinski definition) is 1. The van der Waals surface area contributed by atoms with Crippen molar-refractivity contribution >= 4 is 21.8 Å². The number of ether oxygens (including phenoxy) is 1. The van der Waals surface area contributed by atoms with Crippen LogP contribution in [0.3, 0.4) is 0 Å². The molecule has 1 aromatic carbocycles. The summed E-state index contributed by atoms with van der Waals surface area (Å²) in [4.78, 5) is 11.0. The van der Waals surface area contributed by atoms with E-state index in [0.717, 1.165) is 16.5 Å². The molecule has 0 aliphatic heterocycles. The molecule has 0 bridgehead atoms. The van der Waals surface area contributed by atoms with E-state index in [1.54, 1.807) is 12.1 Å². The van der Waals surface area contributed by atoms with Crippen molar-refractivity contribution in [2.24, 2.45) is 5.73 Å². The van der Waals surface area contributed by atoms with Crippen molar-refractivity contribution in [2.75, 3.05) is 13.2 Å². The first-order valence-electron chi connectivity index (χ1n) is 4.81. The van der Waals surface area contributed by atoms with Crippen LogP contribution >= 0.6 is 15.9 Å². The van der Waals surface area contributed by atoms with Crippen LogP contribution in [0.15, 0.2) is 22.7 Å². The van der Waals surface area contributed by atoms with Crippen molar-refractivity contribution in [3.05, 3.63) is 33.8 Å². The third-order valence-corrected chi connectivity index (χ3v) is 2.82. The number of halogens is 1. The van der Waals surface area contributed by atoms with Gasteiger partial charge in [-0.1, -0.05) is 15.9 Å². The molecule has 15 heavy (non-hydrogen) atoms. The Kier molecular flexibility index (Phi) is 4.78. The number of carbonyl (C=O) groups is 1. The van der Waals surface area contributed by atoms with Gasteiger partial charge >= 0.3 is 0 Å². The highest BCUT2D eigenvalue weighted by atomic mass is 79.9. The molecule has 2 N–H and O–H groups in total. The number of rotatable bonds is 5. The Morgan fingerprint density at radius 3 is 2.87 bits per heavy atom. The number of hydrogen-bond acceptors (Lipinski definition) is 2. The molecule has 1 amide bonds. The molecule has 0 unspecified atom stereocenters. The maximum Gasteiger partial charge on any atom is 0.248 e. The highest BCUT2D eigenvalue weighted by Crippen LogP contribution is 2.18. The van der Waals surface area contributed by atoms with Crippen molar-refractivity contribution in [2.45, 2.75) is 13.3 Å². The summed E-state index contributed by atoms with van der Waals surface area (Å²) in [6.07, 6.45) is 0.773. The monoisotopic (exact) mass is 271 g/mol. The molecule has 0 heterocycles. The predicted octanol–water partition coefficient (Wildman–Crippen LogP) is 2.13. The van der Waals surface area contributed by atoms with E-state index in [1.165, 1.54) is 0 Å². The van der Waals surface area contributed by atoms with E-state index in [-0.39, 0.29) is 0 Å². The van der Waals surface area contributed by atoms with Gasteiger partial charge in [0, 0.05) is 16.6 Å². The molecule has 4 heteroatoms. The fourth-order valence-electron chi connectivity index (χ4n) is 1.25. The van der Waals surface area contributed by atoms with Crippen LogP contribution in [-0.2, 0) is 11.2 Å². The van der Waals surface area contributed by atoms with Crippen molar-refractivity contribution in [1.29, 1.82) is 0 Å². The van der Waals surface area contributed by atoms with Crippen LogP contribution in [0.4, 0.5) is 0 Å². The van der Waals surface area contributed by atoms with Gasteiger partial charge in [0.2, 0.25) is 5.91 Å². The molecule has 0 radical (unpaired) electrons. The molecule has 0 saturated carbocycles. The SMILES string of the molecule is CCOCCc1cc(C(N)=O)ccc1Br. The van der Waals surface area contributed by atoms with Gasteiger partial charge in [0.1, 0.15) is 0 Å². The van der Waals surface area contributed by atoms with Crippen LogP contribution in [0.5, 0.6) is 0 Å². The van der Waals surface area contributed by atoms with Crippen LogP contribution in [0.1, 0.15) is 22.8 Å². The van der Waals surface area contributed by atoms with E-state index in [2.05, 4.69) is 15.9 Å². The molecule has 0 atom stereocenters. The lowest BCUT2D eigenvalue weighted by atomic mass is 10.1. The lowest BCUT2D eigenvalue weighted by Crippen LogP contribution is -2.11. The predicted molar refractivity (Wildman–Crippen MR) is 62.9 cm³/mol. The second-order valence-electron chi connectivity index (χ2n) is 3.12. The van der Waals surface area contributed by atoms with E-state index in [4.69, 9.17) is 10.5 Å². The van der Waals surface area contributed by atoms with Crippen LogP contribution < -0.4 is 5.73 Å². The van der Waals surface area contributed by atoms with E-state index in [0.29, 0.717) is 18.8 Å². The zero-order valence-electron chi connectivity index (χ0n) is 8.63. The number of primary amides is 1. The molecule has 3 nitrogen and oxygen atoms in total. The molecular formula is C11H14BrNO2. The molecular weight excluding hydrogens is 258 g/mol. The summed E-state index contributed by atoms with van der Waals surface area (Å²) < 4.78 is 6.23. The van der Waals surface area contributed by atoms with Crippen LogP contribution in [-0.4, -0.2) is 19.1 Å². The molecule has 0 aliphatic rings. The maximum atomic E-state index is 11.0. The Morgan fingerprint density at radius 2 is 2.27 bits per heavy atom. The summed E-state index contributed by atoms with van der Waals surface area (Å²) in [5.74, 6) is -0.403. The van der Waals surface area contributed by atoms with Gasteiger partial charge in [-0.15, -0.1) is 0 Å². The third kappa shape index (κ3) is 3.64. The van der Waals surface area contributed by atoms with Crippen LogP contribution in [0.2, 0.25) is 0 Å². The molecule has 0 fully saturated rings. The number of carbonyl (C=O) groups excluding carboxylic acids is 1. The molecule has 82 valence electrons. The van der Waals surface area contributed by atoms with Crippen molar-refractivity contribution in [1.82, 2.24) is 0 Å². The summed E-state index contributed by atoms with van der Waals surface area (Å²) in [5.41, 5.74) is 6.78. The zero-order valence-corrected chi connectivity index (χ0v) is 10.2. The van der Waals surface area contributed by atoms with Gasteiger partial charge in [-0.25, -0.2) is 0 Å². The van der Waals surface area contributed by atoms with Gasteiger partial charge in [0.05, 0.1) is 6.61 Å². The topological polar surface area (TPSA) is 52.3 Å². The molecule has 1 aromatic rings. The Bertz CT molecular complexity index is 352.